The molecule has 0 spiro atoms. The minimum atomic E-state index is 0.341. The first-order chi connectivity index (χ1) is 11.2. The zero-order valence-electron chi connectivity index (χ0n) is 14.3. The summed E-state index contributed by atoms with van der Waals surface area (Å²) >= 11 is 0. The number of amides is 1. The van der Waals surface area contributed by atoms with Crippen LogP contribution in [0.25, 0.3) is 0 Å². The van der Waals surface area contributed by atoms with E-state index in [1.807, 2.05) is 19.1 Å². The normalized spacial score (nSPS) is 24.5. The summed E-state index contributed by atoms with van der Waals surface area (Å²) in [6.45, 7) is 7.60. The summed E-state index contributed by atoms with van der Waals surface area (Å²) in [5.74, 6) is 2.17. The van der Waals surface area contributed by atoms with E-state index < -0.39 is 0 Å². The van der Waals surface area contributed by atoms with Crippen molar-refractivity contribution in [3.63, 3.8) is 0 Å². The standard InChI is InChI=1S/C19H28N2O2/c1-3-23-17-6-4-5-15(11-17)12-20-18-9-10-21(13-14(18)2)19(22)16-7-8-16/h4-6,11,14,16,18,20H,3,7-10,12-13H2,1-2H3/t14-,18-/m1/s1. The third-order valence-electron chi connectivity index (χ3n) is 4.92. The smallest absolute Gasteiger partial charge is 0.225 e. The van der Waals surface area contributed by atoms with Crippen LogP contribution in [0.15, 0.2) is 24.3 Å². The van der Waals surface area contributed by atoms with Crippen LogP contribution >= 0.6 is 0 Å². The van der Waals surface area contributed by atoms with Crippen molar-refractivity contribution < 1.29 is 9.53 Å². The van der Waals surface area contributed by atoms with Crippen molar-refractivity contribution in [2.75, 3.05) is 19.7 Å². The molecule has 126 valence electrons. The van der Waals surface area contributed by atoms with E-state index in [2.05, 4.69) is 29.3 Å². The SMILES string of the molecule is CCOc1cccc(CN[C@@H]2CCN(C(=O)C3CC3)C[C@H]2C)c1. The van der Waals surface area contributed by atoms with E-state index in [9.17, 15) is 4.79 Å². The number of likely N-dealkylation sites (tertiary alicyclic amines) is 1. The van der Waals surface area contributed by atoms with Gasteiger partial charge in [0.05, 0.1) is 6.61 Å². The van der Waals surface area contributed by atoms with Crippen LogP contribution in [-0.2, 0) is 11.3 Å². The fourth-order valence-electron chi connectivity index (χ4n) is 3.40. The highest BCUT2D eigenvalue weighted by Gasteiger charge is 2.36. The zero-order valence-corrected chi connectivity index (χ0v) is 14.3. The van der Waals surface area contributed by atoms with Crippen molar-refractivity contribution in [1.29, 1.82) is 0 Å². The molecule has 1 aliphatic carbocycles. The summed E-state index contributed by atoms with van der Waals surface area (Å²) in [5, 5.41) is 3.67. The number of rotatable bonds is 6. The van der Waals surface area contributed by atoms with Gasteiger partial charge >= 0.3 is 0 Å². The van der Waals surface area contributed by atoms with Gasteiger partial charge in [-0.05, 0) is 49.8 Å². The molecule has 0 bridgehead atoms. The van der Waals surface area contributed by atoms with Crippen LogP contribution in [0, 0.1) is 11.8 Å². The van der Waals surface area contributed by atoms with Gasteiger partial charge in [-0.15, -0.1) is 0 Å². The lowest BCUT2D eigenvalue weighted by Gasteiger charge is -2.37. The molecule has 0 unspecified atom stereocenters. The Labute approximate surface area is 139 Å². The number of piperidine rings is 1. The van der Waals surface area contributed by atoms with E-state index >= 15 is 0 Å². The molecule has 1 amide bonds. The van der Waals surface area contributed by atoms with Gasteiger partial charge in [-0.25, -0.2) is 0 Å². The molecule has 1 aromatic rings. The second-order valence-corrected chi connectivity index (χ2v) is 6.89. The fourth-order valence-corrected chi connectivity index (χ4v) is 3.40. The van der Waals surface area contributed by atoms with E-state index in [1.165, 1.54) is 5.56 Å². The molecule has 1 N–H and O–H groups in total. The molecular formula is C19H28N2O2. The molecule has 0 radical (unpaired) electrons. The summed E-state index contributed by atoms with van der Waals surface area (Å²) < 4.78 is 5.56. The lowest BCUT2D eigenvalue weighted by molar-refractivity contribution is -0.134. The molecule has 4 heteroatoms. The van der Waals surface area contributed by atoms with Gasteiger partial charge in [0.15, 0.2) is 0 Å². The van der Waals surface area contributed by atoms with Gasteiger partial charge in [0.1, 0.15) is 5.75 Å². The molecule has 1 aliphatic heterocycles. The highest BCUT2D eigenvalue weighted by Crippen LogP contribution is 2.32. The Morgan fingerprint density at radius 1 is 1.35 bits per heavy atom. The minimum Gasteiger partial charge on any atom is -0.494 e. The van der Waals surface area contributed by atoms with Gasteiger partial charge in [0.2, 0.25) is 5.91 Å². The van der Waals surface area contributed by atoms with Crippen molar-refractivity contribution >= 4 is 5.91 Å². The second kappa shape index (κ2) is 7.35. The maximum absolute atomic E-state index is 12.2. The van der Waals surface area contributed by atoms with Crippen molar-refractivity contribution in [2.45, 2.75) is 45.7 Å². The molecule has 1 saturated heterocycles. The van der Waals surface area contributed by atoms with Crippen LogP contribution < -0.4 is 10.1 Å². The Balaban J connectivity index is 1.49. The number of nitrogens with zero attached hydrogens (tertiary/aromatic N) is 1. The molecule has 1 saturated carbocycles. The highest BCUT2D eigenvalue weighted by atomic mass is 16.5. The summed E-state index contributed by atoms with van der Waals surface area (Å²) in [5.41, 5.74) is 1.25. The number of hydrogen-bond acceptors (Lipinski definition) is 3. The first-order valence-electron chi connectivity index (χ1n) is 8.91. The predicted octanol–water partition coefficient (Wildman–Crippen LogP) is 2.82. The summed E-state index contributed by atoms with van der Waals surface area (Å²) in [6.07, 6.45) is 3.24. The maximum Gasteiger partial charge on any atom is 0.225 e. The molecule has 1 heterocycles. The predicted molar refractivity (Wildman–Crippen MR) is 91.3 cm³/mol. The topological polar surface area (TPSA) is 41.6 Å². The van der Waals surface area contributed by atoms with E-state index in [0.717, 1.165) is 44.6 Å². The molecule has 2 aliphatic rings. The molecule has 2 atom stereocenters. The van der Waals surface area contributed by atoms with Gasteiger partial charge in [-0.1, -0.05) is 19.1 Å². The Hall–Kier alpha value is -1.55. The van der Waals surface area contributed by atoms with Crippen LogP contribution in [0.2, 0.25) is 0 Å². The monoisotopic (exact) mass is 316 g/mol. The van der Waals surface area contributed by atoms with Crippen molar-refractivity contribution in [3.8, 4) is 5.75 Å². The molecule has 1 aromatic carbocycles. The van der Waals surface area contributed by atoms with Gasteiger partial charge in [0.25, 0.3) is 0 Å². The highest BCUT2D eigenvalue weighted by molar-refractivity contribution is 5.81. The van der Waals surface area contributed by atoms with Gasteiger partial charge < -0.3 is 15.0 Å². The largest absolute Gasteiger partial charge is 0.494 e. The minimum absolute atomic E-state index is 0.341. The number of carbonyl (C=O) groups is 1. The molecule has 3 rings (SSSR count). The average molecular weight is 316 g/mol. The molecule has 4 nitrogen and oxygen atoms in total. The molecule has 0 aromatic heterocycles. The van der Waals surface area contributed by atoms with Gasteiger partial charge in [0, 0.05) is 31.6 Å². The second-order valence-electron chi connectivity index (χ2n) is 6.89. The van der Waals surface area contributed by atoms with Crippen LogP contribution in [0.1, 0.15) is 38.7 Å². The average Bonchev–Trinajstić information content (AvgIpc) is 3.38. The Morgan fingerprint density at radius 2 is 2.17 bits per heavy atom. The Morgan fingerprint density at radius 3 is 2.87 bits per heavy atom. The zero-order chi connectivity index (χ0) is 16.2. The molecule has 23 heavy (non-hydrogen) atoms. The summed E-state index contributed by atoms with van der Waals surface area (Å²) in [6, 6.07) is 8.76. The number of hydrogen-bond donors (Lipinski definition) is 1. The number of nitrogens with one attached hydrogen (secondary N) is 1. The Bertz CT molecular complexity index is 542. The third kappa shape index (κ3) is 4.25. The summed E-state index contributed by atoms with van der Waals surface area (Å²) in [4.78, 5) is 14.3. The van der Waals surface area contributed by atoms with Crippen LogP contribution in [0.5, 0.6) is 5.75 Å². The maximum atomic E-state index is 12.2. The van der Waals surface area contributed by atoms with Crippen molar-refractivity contribution in [1.82, 2.24) is 10.2 Å². The number of benzene rings is 1. The van der Waals surface area contributed by atoms with Crippen LogP contribution in [0.3, 0.4) is 0 Å². The lowest BCUT2D eigenvalue weighted by Crippen LogP contribution is -2.50. The number of ether oxygens (including phenoxy) is 1. The fraction of sp³-hybridized carbons (Fsp3) is 0.632. The van der Waals surface area contributed by atoms with Gasteiger partial charge in [-0.2, -0.15) is 0 Å². The first-order valence-corrected chi connectivity index (χ1v) is 8.91. The van der Waals surface area contributed by atoms with Gasteiger partial charge in [-0.3, -0.25) is 4.79 Å². The summed E-state index contributed by atoms with van der Waals surface area (Å²) in [7, 11) is 0. The van der Waals surface area contributed by atoms with E-state index in [1.54, 1.807) is 0 Å². The molecule has 2 fully saturated rings. The number of carbonyl (C=O) groups excluding carboxylic acids is 1. The van der Waals surface area contributed by atoms with Crippen molar-refractivity contribution in [3.05, 3.63) is 29.8 Å². The Kier molecular flexibility index (Phi) is 5.21. The van der Waals surface area contributed by atoms with E-state index in [-0.39, 0.29) is 0 Å². The van der Waals surface area contributed by atoms with Crippen LogP contribution in [0.4, 0.5) is 0 Å². The van der Waals surface area contributed by atoms with Crippen LogP contribution in [-0.4, -0.2) is 36.5 Å². The first kappa shape index (κ1) is 16.3. The quantitative estimate of drug-likeness (QED) is 0.877. The van der Waals surface area contributed by atoms with Crippen molar-refractivity contribution in [2.24, 2.45) is 11.8 Å². The third-order valence-corrected chi connectivity index (χ3v) is 4.92. The lowest BCUT2D eigenvalue weighted by atomic mass is 9.93. The van der Waals surface area contributed by atoms with E-state index in [0.29, 0.717) is 30.4 Å². The molecular weight excluding hydrogens is 288 g/mol. The van der Waals surface area contributed by atoms with E-state index in [4.69, 9.17) is 4.74 Å².